The van der Waals surface area contributed by atoms with Gasteiger partial charge in [0.1, 0.15) is 6.61 Å². The van der Waals surface area contributed by atoms with Crippen molar-refractivity contribution < 1.29 is 23.8 Å². The normalized spacial score (nSPS) is 13.3. The summed E-state index contributed by atoms with van der Waals surface area (Å²) in [5.41, 5.74) is 0. The first-order valence-corrected chi connectivity index (χ1v) is 19.8. The molecule has 0 heterocycles. The van der Waals surface area contributed by atoms with Gasteiger partial charge in [0, 0.05) is 13.0 Å². The molecule has 0 bridgehead atoms. The Hall–Kier alpha value is -3.18. The van der Waals surface area contributed by atoms with Gasteiger partial charge in [-0.1, -0.05) is 157 Å². The zero-order chi connectivity index (χ0) is 36.4. The van der Waals surface area contributed by atoms with Crippen LogP contribution in [0, 0.1) is 0 Å². The van der Waals surface area contributed by atoms with Crippen LogP contribution in [-0.4, -0.2) is 37.9 Å². The van der Waals surface area contributed by atoms with Crippen LogP contribution in [0.3, 0.4) is 0 Å². The molecule has 0 saturated heterocycles. The van der Waals surface area contributed by atoms with Crippen molar-refractivity contribution in [2.75, 3.05) is 19.8 Å². The van der Waals surface area contributed by atoms with Crippen molar-refractivity contribution in [3.8, 4) is 0 Å². The number of allylic oxidation sites excluding steroid dienone is 15. The van der Waals surface area contributed by atoms with Gasteiger partial charge in [0.05, 0.1) is 13.0 Å². The van der Waals surface area contributed by atoms with Crippen molar-refractivity contribution in [1.29, 1.82) is 0 Å². The van der Waals surface area contributed by atoms with Crippen molar-refractivity contribution in [3.63, 3.8) is 0 Å². The molecule has 0 rings (SSSR count). The molecule has 0 aromatic rings. The fourth-order valence-electron chi connectivity index (χ4n) is 4.77. The van der Waals surface area contributed by atoms with Crippen LogP contribution in [0.5, 0.6) is 0 Å². The van der Waals surface area contributed by atoms with Gasteiger partial charge < -0.3 is 14.2 Å². The zero-order valence-corrected chi connectivity index (χ0v) is 32.1. The number of ether oxygens (including phenoxy) is 3. The van der Waals surface area contributed by atoms with E-state index < -0.39 is 6.10 Å². The minimum atomic E-state index is -0.586. The fraction of sp³-hybridized carbons (Fsp3) is 0.600. The highest BCUT2D eigenvalue weighted by Crippen LogP contribution is 2.09. The Labute approximate surface area is 307 Å². The Morgan fingerprint density at radius 3 is 1.52 bits per heavy atom. The van der Waals surface area contributed by atoms with Gasteiger partial charge in [-0.2, -0.15) is 0 Å². The first-order chi connectivity index (χ1) is 24.6. The lowest BCUT2D eigenvalue weighted by Gasteiger charge is -2.18. The number of carbonyl (C=O) groups excluding carboxylic acids is 2. The van der Waals surface area contributed by atoms with E-state index in [0.717, 1.165) is 96.3 Å². The third-order valence-electron chi connectivity index (χ3n) is 7.65. The summed E-state index contributed by atoms with van der Waals surface area (Å²) in [7, 11) is 0. The molecule has 0 aliphatic heterocycles. The minimum Gasteiger partial charge on any atom is -0.461 e. The summed E-state index contributed by atoms with van der Waals surface area (Å²) in [5, 5.41) is 0. The van der Waals surface area contributed by atoms with Crippen LogP contribution < -0.4 is 0 Å². The molecule has 50 heavy (non-hydrogen) atoms. The van der Waals surface area contributed by atoms with E-state index in [0.29, 0.717) is 13.0 Å². The number of carbonyl (C=O) groups is 2. The monoisotopic (exact) mass is 693 g/mol. The Bertz CT molecular complexity index is 1010. The van der Waals surface area contributed by atoms with Crippen LogP contribution in [-0.2, 0) is 23.8 Å². The van der Waals surface area contributed by atoms with Gasteiger partial charge in [0.25, 0.3) is 0 Å². The van der Waals surface area contributed by atoms with Crippen LogP contribution in [0.1, 0.15) is 149 Å². The Morgan fingerprint density at radius 1 is 0.480 bits per heavy atom. The molecule has 0 saturated carbocycles. The summed E-state index contributed by atoms with van der Waals surface area (Å²) in [6.07, 6.45) is 53.1. The van der Waals surface area contributed by atoms with E-state index in [-0.39, 0.29) is 31.6 Å². The molecule has 5 nitrogen and oxygen atoms in total. The molecule has 282 valence electrons. The average molecular weight is 693 g/mol. The summed E-state index contributed by atoms with van der Waals surface area (Å²) in [6.45, 7) is 7.33. The first kappa shape index (κ1) is 46.8. The van der Waals surface area contributed by atoms with Gasteiger partial charge in [0.2, 0.25) is 0 Å². The van der Waals surface area contributed by atoms with Crippen LogP contribution in [0.15, 0.2) is 97.2 Å². The smallest absolute Gasteiger partial charge is 0.309 e. The van der Waals surface area contributed by atoms with Crippen LogP contribution in [0.25, 0.3) is 0 Å². The highest BCUT2D eigenvalue weighted by Gasteiger charge is 2.17. The van der Waals surface area contributed by atoms with E-state index in [1.54, 1.807) is 0 Å². The molecule has 0 aromatic carbocycles. The standard InChI is InChI=1S/C45H72O5/c1-4-7-10-13-15-17-19-21-23-24-26-28-30-33-35-38-44(46)49-42-43(50-45(47)39-36-32-12-9-6-3)41-48-40-37-34-31-29-27-25-22-20-18-16-14-11-8-5-2/h7-8,10-11,15-18,21-23,25-26,28,33,35,43H,4-6,9,12-14,19-20,24,27,29-32,34,36-42H2,1-3H3/b10-7-,11-8-,17-15-,18-16-,23-21-,25-22-,28-26-,35-33-. The highest BCUT2D eigenvalue weighted by atomic mass is 16.6. The topological polar surface area (TPSA) is 61.8 Å². The van der Waals surface area contributed by atoms with Crippen LogP contribution in [0.2, 0.25) is 0 Å². The predicted octanol–water partition coefficient (Wildman–Crippen LogP) is 12.8. The molecule has 1 atom stereocenters. The molecule has 0 N–H and O–H groups in total. The molecule has 0 spiro atoms. The maximum atomic E-state index is 12.5. The summed E-state index contributed by atoms with van der Waals surface area (Å²) in [4.78, 5) is 24.8. The summed E-state index contributed by atoms with van der Waals surface area (Å²) in [5.74, 6) is -0.581. The van der Waals surface area contributed by atoms with Crippen LogP contribution in [0.4, 0.5) is 0 Å². The number of unbranched alkanes of at least 4 members (excludes halogenated alkanes) is 8. The Balaban J connectivity index is 4.32. The molecular formula is C45H72O5. The predicted molar refractivity (Wildman–Crippen MR) is 214 cm³/mol. The van der Waals surface area contributed by atoms with Crippen molar-refractivity contribution in [3.05, 3.63) is 97.2 Å². The largest absolute Gasteiger partial charge is 0.461 e. The van der Waals surface area contributed by atoms with E-state index in [9.17, 15) is 9.59 Å². The molecule has 0 radical (unpaired) electrons. The third-order valence-corrected chi connectivity index (χ3v) is 7.65. The van der Waals surface area contributed by atoms with Gasteiger partial charge in [-0.25, -0.2) is 0 Å². The Morgan fingerprint density at radius 2 is 0.960 bits per heavy atom. The number of rotatable bonds is 34. The van der Waals surface area contributed by atoms with Gasteiger partial charge >= 0.3 is 11.9 Å². The molecule has 0 aliphatic rings. The molecular weight excluding hydrogens is 620 g/mol. The maximum absolute atomic E-state index is 12.5. The third kappa shape index (κ3) is 37.6. The lowest BCUT2D eigenvalue weighted by Crippen LogP contribution is -2.30. The van der Waals surface area contributed by atoms with Crippen molar-refractivity contribution >= 4 is 11.9 Å². The van der Waals surface area contributed by atoms with Gasteiger partial charge in [-0.3, -0.25) is 9.59 Å². The fourth-order valence-corrected chi connectivity index (χ4v) is 4.77. The lowest BCUT2D eigenvalue weighted by atomic mass is 10.1. The molecule has 0 fully saturated rings. The second kappa shape index (κ2) is 40.3. The van der Waals surface area contributed by atoms with E-state index in [1.807, 2.05) is 12.2 Å². The quantitative estimate of drug-likeness (QED) is 0.0382. The lowest BCUT2D eigenvalue weighted by molar-refractivity contribution is -0.162. The van der Waals surface area contributed by atoms with Gasteiger partial charge in [0.15, 0.2) is 6.10 Å². The van der Waals surface area contributed by atoms with E-state index >= 15 is 0 Å². The van der Waals surface area contributed by atoms with Crippen molar-refractivity contribution in [2.45, 2.75) is 155 Å². The minimum absolute atomic E-state index is 0.0160. The highest BCUT2D eigenvalue weighted by molar-refractivity contribution is 5.71. The SMILES string of the molecule is CC/C=C\C/C=C\C/C=C\C/C=C\C/C=C\CC(=O)OCC(COCCCCCC/C=C\C/C=C\C/C=C\CC)OC(=O)CCCCCCC. The van der Waals surface area contributed by atoms with Crippen molar-refractivity contribution in [1.82, 2.24) is 0 Å². The molecule has 1 unspecified atom stereocenters. The van der Waals surface area contributed by atoms with E-state index in [4.69, 9.17) is 14.2 Å². The zero-order valence-electron chi connectivity index (χ0n) is 32.1. The van der Waals surface area contributed by atoms with E-state index in [2.05, 4.69) is 106 Å². The Kier molecular flexibility index (Phi) is 37.7. The maximum Gasteiger partial charge on any atom is 0.309 e. The number of hydrogen-bond donors (Lipinski definition) is 0. The van der Waals surface area contributed by atoms with E-state index in [1.165, 1.54) is 19.3 Å². The van der Waals surface area contributed by atoms with Gasteiger partial charge in [-0.05, 0) is 77.0 Å². The second-order valence-corrected chi connectivity index (χ2v) is 12.4. The first-order valence-electron chi connectivity index (χ1n) is 19.8. The number of hydrogen-bond acceptors (Lipinski definition) is 5. The second-order valence-electron chi connectivity index (χ2n) is 12.4. The summed E-state index contributed by atoms with van der Waals surface area (Å²) < 4.78 is 17.0. The van der Waals surface area contributed by atoms with Gasteiger partial charge in [-0.15, -0.1) is 0 Å². The molecule has 0 aromatic heterocycles. The molecule has 0 aliphatic carbocycles. The molecule has 0 amide bonds. The average Bonchev–Trinajstić information content (AvgIpc) is 3.11. The van der Waals surface area contributed by atoms with Crippen LogP contribution >= 0.6 is 0 Å². The van der Waals surface area contributed by atoms with Crippen molar-refractivity contribution in [2.24, 2.45) is 0 Å². The summed E-state index contributed by atoms with van der Waals surface area (Å²) in [6, 6.07) is 0. The molecule has 5 heteroatoms. The number of esters is 2. The summed E-state index contributed by atoms with van der Waals surface area (Å²) >= 11 is 0.